The predicted molar refractivity (Wildman–Crippen MR) is 155 cm³/mol. The highest BCUT2D eigenvalue weighted by molar-refractivity contribution is 5.97. The molecule has 2 rings (SSSR count). The van der Waals surface area contributed by atoms with E-state index in [1.807, 2.05) is 27.7 Å². The summed E-state index contributed by atoms with van der Waals surface area (Å²) in [5.41, 5.74) is 4.11. The maximum Gasteiger partial charge on any atom is 0.159 e. The molecule has 1 aliphatic carbocycles. The van der Waals surface area contributed by atoms with E-state index in [0.717, 1.165) is 12.0 Å². The van der Waals surface area contributed by atoms with Gasteiger partial charge in [-0.1, -0.05) is 105 Å². The van der Waals surface area contributed by atoms with Crippen LogP contribution in [0.2, 0.25) is 0 Å². The van der Waals surface area contributed by atoms with Gasteiger partial charge in [-0.15, -0.1) is 0 Å². The Hall–Kier alpha value is -2.29. The first-order valence-corrected chi connectivity index (χ1v) is 14.1. The number of carbonyl (C=O) groups is 3. The first-order chi connectivity index (χ1) is 17.0. The number of Topliss-reactive ketones (excluding diaryl/α,β-unsaturated/α-hetero) is 2. The van der Waals surface area contributed by atoms with Gasteiger partial charge in [0.25, 0.3) is 0 Å². The molecule has 0 aromatic heterocycles. The van der Waals surface area contributed by atoms with Gasteiger partial charge < -0.3 is 0 Å². The zero-order valence-electron chi connectivity index (χ0n) is 25.2. The minimum atomic E-state index is -0.407. The summed E-state index contributed by atoms with van der Waals surface area (Å²) in [7, 11) is 0. The Morgan fingerprint density at radius 1 is 0.946 bits per heavy atom. The zero-order valence-corrected chi connectivity index (χ0v) is 25.2. The number of carbonyl (C=O) groups excluding carboxylic acids is 3. The van der Waals surface area contributed by atoms with Crippen molar-refractivity contribution in [1.82, 2.24) is 0 Å². The van der Waals surface area contributed by atoms with Gasteiger partial charge in [0.05, 0.1) is 0 Å². The summed E-state index contributed by atoms with van der Waals surface area (Å²) in [6, 6.07) is 8.51. The largest absolute Gasteiger partial charge is 0.300 e. The lowest BCUT2D eigenvalue weighted by Crippen LogP contribution is -2.37. The number of ketones is 3. The summed E-state index contributed by atoms with van der Waals surface area (Å²) < 4.78 is 0. The molecule has 0 N–H and O–H groups in total. The lowest BCUT2D eigenvalue weighted by Gasteiger charge is -2.37. The van der Waals surface area contributed by atoms with E-state index >= 15 is 0 Å². The fraction of sp³-hybridized carbons (Fsp3) is 0.618. The van der Waals surface area contributed by atoms with E-state index in [4.69, 9.17) is 0 Å². The minimum Gasteiger partial charge on any atom is -0.300 e. The first-order valence-electron chi connectivity index (χ1n) is 14.1. The molecule has 3 nitrogen and oxygen atoms in total. The molecule has 0 spiro atoms. The Labute approximate surface area is 226 Å². The third-order valence-electron chi connectivity index (χ3n) is 8.62. The molecule has 0 bridgehead atoms. The second-order valence-corrected chi connectivity index (χ2v) is 13.2. The van der Waals surface area contributed by atoms with Crippen LogP contribution >= 0.6 is 0 Å². The van der Waals surface area contributed by atoms with Crippen LogP contribution in [0.5, 0.6) is 0 Å². The van der Waals surface area contributed by atoms with Crippen molar-refractivity contribution in [3.05, 3.63) is 53.1 Å². The van der Waals surface area contributed by atoms with Crippen LogP contribution < -0.4 is 0 Å². The second-order valence-electron chi connectivity index (χ2n) is 13.2. The lowest BCUT2D eigenvalue weighted by atomic mass is 9.65. The molecule has 3 heteroatoms. The van der Waals surface area contributed by atoms with Crippen LogP contribution in [0, 0.1) is 34.5 Å². The number of hydrogen-bond acceptors (Lipinski definition) is 3. The van der Waals surface area contributed by atoms with Crippen molar-refractivity contribution in [2.75, 3.05) is 0 Å². The summed E-state index contributed by atoms with van der Waals surface area (Å²) in [5, 5.41) is 0. The summed E-state index contributed by atoms with van der Waals surface area (Å²) >= 11 is 0. The number of benzene rings is 1. The number of allylic oxidation sites excluding steroid dienone is 4. The Balaban J connectivity index is 2.37. The lowest BCUT2D eigenvalue weighted by molar-refractivity contribution is -0.132. The molecule has 1 aromatic rings. The molecule has 0 radical (unpaired) electrons. The predicted octanol–water partition coefficient (Wildman–Crippen LogP) is 8.63. The molecule has 0 saturated heterocycles. The van der Waals surface area contributed by atoms with Crippen molar-refractivity contribution in [3.8, 4) is 0 Å². The normalized spacial score (nSPS) is 18.8. The van der Waals surface area contributed by atoms with Crippen LogP contribution in [-0.4, -0.2) is 17.3 Å². The van der Waals surface area contributed by atoms with E-state index in [9.17, 15) is 14.4 Å². The SMILES string of the molecule is CCC(C(=O)CC(C(=O)/C=C(/CC(C)C(C)=O)C(C)C)C(C)(C)C)C(C)(C)C1=CC(C)c2ccccc21. The number of fused-ring (bicyclic) bond motifs is 1. The number of hydrogen-bond donors (Lipinski definition) is 0. The summed E-state index contributed by atoms with van der Waals surface area (Å²) in [4.78, 5) is 39.5. The molecular formula is C34H50O3. The molecule has 0 aliphatic heterocycles. The van der Waals surface area contributed by atoms with E-state index in [1.54, 1.807) is 13.0 Å². The summed E-state index contributed by atoms with van der Waals surface area (Å²) in [6.45, 7) is 22.5. The summed E-state index contributed by atoms with van der Waals surface area (Å²) in [6.07, 6.45) is 5.62. The minimum absolute atomic E-state index is 0.00649. The van der Waals surface area contributed by atoms with Crippen LogP contribution in [0.25, 0.3) is 5.57 Å². The van der Waals surface area contributed by atoms with E-state index in [2.05, 4.69) is 71.9 Å². The van der Waals surface area contributed by atoms with Crippen LogP contribution in [0.3, 0.4) is 0 Å². The third-order valence-corrected chi connectivity index (χ3v) is 8.62. The van der Waals surface area contributed by atoms with Crippen LogP contribution in [0.4, 0.5) is 0 Å². The molecule has 1 aliphatic rings. The molecule has 4 atom stereocenters. The average molecular weight is 507 g/mol. The van der Waals surface area contributed by atoms with Gasteiger partial charge in [-0.3, -0.25) is 14.4 Å². The molecule has 0 heterocycles. The summed E-state index contributed by atoms with van der Waals surface area (Å²) in [5.74, 6) is 0.0937. The van der Waals surface area contributed by atoms with Gasteiger partial charge in [0, 0.05) is 30.1 Å². The quantitative estimate of drug-likeness (QED) is 0.267. The van der Waals surface area contributed by atoms with Gasteiger partial charge in [0.15, 0.2) is 5.78 Å². The van der Waals surface area contributed by atoms with E-state index in [-0.39, 0.29) is 52.4 Å². The maximum absolute atomic E-state index is 14.0. The average Bonchev–Trinajstić information content (AvgIpc) is 3.13. The molecule has 0 saturated carbocycles. The van der Waals surface area contributed by atoms with Gasteiger partial charge in [0.2, 0.25) is 0 Å². The molecule has 37 heavy (non-hydrogen) atoms. The van der Waals surface area contributed by atoms with Crippen molar-refractivity contribution < 1.29 is 14.4 Å². The highest BCUT2D eigenvalue weighted by Gasteiger charge is 2.42. The van der Waals surface area contributed by atoms with E-state index in [0.29, 0.717) is 12.3 Å². The van der Waals surface area contributed by atoms with Gasteiger partial charge in [0.1, 0.15) is 11.6 Å². The van der Waals surface area contributed by atoms with Crippen molar-refractivity contribution in [2.24, 2.45) is 34.5 Å². The van der Waals surface area contributed by atoms with E-state index < -0.39 is 5.92 Å². The van der Waals surface area contributed by atoms with Crippen LogP contribution in [0.15, 0.2) is 42.0 Å². The van der Waals surface area contributed by atoms with Gasteiger partial charge in [-0.2, -0.15) is 0 Å². The topological polar surface area (TPSA) is 51.2 Å². The molecule has 0 amide bonds. The van der Waals surface area contributed by atoms with Crippen molar-refractivity contribution in [2.45, 2.75) is 101 Å². The number of rotatable bonds is 12. The highest BCUT2D eigenvalue weighted by Crippen LogP contribution is 2.50. The Kier molecular flexibility index (Phi) is 10.1. The van der Waals surface area contributed by atoms with Crippen molar-refractivity contribution in [1.29, 1.82) is 0 Å². The molecular weight excluding hydrogens is 456 g/mol. The monoisotopic (exact) mass is 506 g/mol. The fourth-order valence-corrected chi connectivity index (χ4v) is 5.88. The van der Waals surface area contributed by atoms with Crippen LogP contribution in [-0.2, 0) is 14.4 Å². The smallest absolute Gasteiger partial charge is 0.159 e. The van der Waals surface area contributed by atoms with Crippen molar-refractivity contribution >= 4 is 22.9 Å². The molecule has 1 aromatic carbocycles. The van der Waals surface area contributed by atoms with Gasteiger partial charge in [-0.05, 0) is 59.3 Å². The Morgan fingerprint density at radius 3 is 2.05 bits per heavy atom. The van der Waals surface area contributed by atoms with Gasteiger partial charge >= 0.3 is 0 Å². The molecule has 4 unspecified atom stereocenters. The molecule has 204 valence electrons. The maximum atomic E-state index is 14.0. The van der Waals surface area contributed by atoms with Crippen molar-refractivity contribution in [3.63, 3.8) is 0 Å². The Bertz CT molecular complexity index is 1060. The zero-order chi connectivity index (χ0) is 28.3. The Morgan fingerprint density at radius 2 is 1.54 bits per heavy atom. The highest BCUT2D eigenvalue weighted by atomic mass is 16.1. The van der Waals surface area contributed by atoms with Crippen LogP contribution in [0.1, 0.15) is 112 Å². The standard InChI is InChI=1S/C34H50O3/c1-12-28(34(10,11)29-18-23(5)26-15-13-14-16-27(26)29)32(37)20-30(33(7,8)9)31(36)19-25(21(2)3)17-22(4)24(6)35/h13-16,18-19,21-23,28,30H,12,17,20H2,1-11H3/b25-19-. The third kappa shape index (κ3) is 7.18. The molecule has 0 fully saturated rings. The second kappa shape index (κ2) is 12.0. The van der Waals surface area contributed by atoms with Gasteiger partial charge in [-0.25, -0.2) is 0 Å². The first kappa shape index (κ1) is 30.9. The fourth-order valence-electron chi connectivity index (χ4n) is 5.88. The van der Waals surface area contributed by atoms with E-state index in [1.165, 1.54) is 16.7 Å².